The van der Waals surface area contributed by atoms with Crippen LogP contribution in [-0.4, -0.2) is 87.4 Å². The number of nitrogens with zero attached hydrogens (tertiary/aromatic N) is 1. The number of carboxylic acids is 1. The van der Waals surface area contributed by atoms with E-state index in [0.29, 0.717) is 17.4 Å². The Bertz CT molecular complexity index is 1630. The number of rotatable bonds is 75. The molecular formula is C82H154NO8+. The van der Waals surface area contributed by atoms with Gasteiger partial charge in [0.25, 0.3) is 6.29 Å². The third-order valence-corrected chi connectivity index (χ3v) is 18.1. The Balaban J connectivity index is 3.93. The summed E-state index contributed by atoms with van der Waals surface area (Å²) in [5.41, 5.74) is 0. The van der Waals surface area contributed by atoms with Crippen LogP contribution < -0.4 is 0 Å². The van der Waals surface area contributed by atoms with Crippen LogP contribution in [0.25, 0.3) is 0 Å². The van der Waals surface area contributed by atoms with Crippen LogP contribution in [0.1, 0.15) is 399 Å². The first-order chi connectivity index (χ1) is 44.6. The van der Waals surface area contributed by atoms with Crippen LogP contribution in [0.5, 0.6) is 0 Å². The van der Waals surface area contributed by atoms with Crippen LogP contribution in [-0.2, 0) is 33.3 Å². The fourth-order valence-electron chi connectivity index (χ4n) is 12.1. The molecule has 0 aliphatic heterocycles. The molecule has 0 aliphatic rings. The van der Waals surface area contributed by atoms with E-state index in [4.69, 9.17) is 18.9 Å². The lowest BCUT2D eigenvalue weighted by molar-refractivity contribution is -0.870. The normalized spacial score (nSPS) is 12.8. The van der Waals surface area contributed by atoms with Crippen LogP contribution in [0.2, 0.25) is 0 Å². The number of esters is 2. The molecule has 0 rings (SSSR count). The monoisotopic (exact) mass is 1280 g/mol. The van der Waals surface area contributed by atoms with Gasteiger partial charge in [0.05, 0.1) is 34.4 Å². The van der Waals surface area contributed by atoms with Gasteiger partial charge >= 0.3 is 17.9 Å². The van der Waals surface area contributed by atoms with E-state index in [1.54, 1.807) is 0 Å². The van der Waals surface area contributed by atoms with Crippen molar-refractivity contribution in [2.24, 2.45) is 0 Å². The zero-order valence-electron chi connectivity index (χ0n) is 61.3. The fourth-order valence-corrected chi connectivity index (χ4v) is 12.1. The molecule has 0 amide bonds. The summed E-state index contributed by atoms with van der Waals surface area (Å²) in [6.45, 7) is 4.85. The highest BCUT2D eigenvalue weighted by molar-refractivity contribution is 5.71. The molecule has 0 aromatic carbocycles. The van der Waals surface area contributed by atoms with Gasteiger partial charge < -0.3 is 28.5 Å². The van der Waals surface area contributed by atoms with Crippen molar-refractivity contribution in [2.45, 2.75) is 411 Å². The minimum absolute atomic E-state index is 0.174. The van der Waals surface area contributed by atoms with Gasteiger partial charge in [-0.3, -0.25) is 9.59 Å². The third-order valence-electron chi connectivity index (χ3n) is 18.1. The van der Waals surface area contributed by atoms with Gasteiger partial charge in [-0.25, -0.2) is 4.79 Å². The molecule has 1 N–H and O–H groups in total. The number of carboxylic acid groups (broad SMARTS) is 1. The lowest BCUT2D eigenvalue weighted by Crippen LogP contribution is -2.40. The van der Waals surface area contributed by atoms with Crippen molar-refractivity contribution in [1.29, 1.82) is 0 Å². The lowest BCUT2D eigenvalue weighted by atomic mass is 10.0. The standard InChI is InChI=1S/C82H153NO8/c1-6-8-10-12-14-16-18-20-22-24-26-28-30-32-33-34-35-36-37-38-39-40-41-42-43-44-45-46-47-49-51-53-55-57-59-61-63-65-67-69-71-73-80(85)91-78(77-90-82(81(86)87)88-75-74-83(3,4)5)76-89-79(84)72-70-68-66-64-62-60-58-56-54-52-50-48-31-29-27-25-23-21-19-17-15-13-11-9-7-2/h8,10,14,16,20,22,26,28,78,82H,6-7,9,11-13,15,17-19,21,23-25,27,29-77H2,1-5H3/p+1/b10-8-,16-14-,22-20-,28-26-. The first-order valence-corrected chi connectivity index (χ1v) is 39.8. The number of allylic oxidation sites excluding steroid dienone is 8. The van der Waals surface area contributed by atoms with Gasteiger partial charge in [-0.05, 0) is 51.4 Å². The Morgan fingerprint density at radius 3 is 0.934 bits per heavy atom. The van der Waals surface area contributed by atoms with Crippen molar-refractivity contribution in [3.63, 3.8) is 0 Å². The van der Waals surface area contributed by atoms with E-state index in [-0.39, 0.29) is 38.2 Å². The van der Waals surface area contributed by atoms with Crippen LogP contribution in [0.3, 0.4) is 0 Å². The molecule has 0 bridgehead atoms. The Hall–Kier alpha value is -2.75. The molecule has 9 heteroatoms. The first kappa shape index (κ1) is 88.2. The van der Waals surface area contributed by atoms with Crippen molar-refractivity contribution in [3.8, 4) is 0 Å². The van der Waals surface area contributed by atoms with Crippen molar-refractivity contribution >= 4 is 17.9 Å². The quantitative estimate of drug-likeness (QED) is 0.0211. The van der Waals surface area contributed by atoms with Gasteiger partial charge in [0.1, 0.15) is 13.2 Å². The smallest absolute Gasteiger partial charge is 0.361 e. The maximum Gasteiger partial charge on any atom is 0.361 e. The molecule has 9 nitrogen and oxygen atoms in total. The number of hydrogen-bond acceptors (Lipinski definition) is 7. The minimum Gasteiger partial charge on any atom is -0.477 e. The van der Waals surface area contributed by atoms with Gasteiger partial charge in [0.15, 0.2) is 6.10 Å². The summed E-state index contributed by atoms with van der Waals surface area (Å²) >= 11 is 0. The van der Waals surface area contributed by atoms with E-state index in [1.807, 2.05) is 21.1 Å². The summed E-state index contributed by atoms with van der Waals surface area (Å²) in [5, 5.41) is 9.77. The van der Waals surface area contributed by atoms with Gasteiger partial charge in [0, 0.05) is 12.8 Å². The first-order valence-electron chi connectivity index (χ1n) is 39.8. The van der Waals surface area contributed by atoms with E-state index in [1.165, 1.54) is 308 Å². The molecule has 0 heterocycles. The second-order valence-corrected chi connectivity index (χ2v) is 28.4. The van der Waals surface area contributed by atoms with Crippen molar-refractivity contribution in [1.82, 2.24) is 0 Å². The Kier molecular flexibility index (Phi) is 70.9. The van der Waals surface area contributed by atoms with Crippen LogP contribution in [0, 0.1) is 0 Å². The van der Waals surface area contributed by atoms with Gasteiger partial charge in [0.2, 0.25) is 0 Å². The fraction of sp³-hybridized carbons (Fsp3) is 0.866. The van der Waals surface area contributed by atoms with Gasteiger partial charge in [-0.15, -0.1) is 0 Å². The highest BCUT2D eigenvalue weighted by Gasteiger charge is 2.25. The van der Waals surface area contributed by atoms with Crippen molar-refractivity contribution in [3.05, 3.63) is 48.6 Å². The maximum absolute atomic E-state index is 13.0. The summed E-state index contributed by atoms with van der Waals surface area (Å²) in [5.74, 6) is -1.97. The molecule has 0 aromatic rings. The lowest BCUT2D eigenvalue weighted by Gasteiger charge is -2.25. The van der Waals surface area contributed by atoms with E-state index in [0.717, 1.165) is 64.2 Å². The minimum atomic E-state index is -1.51. The van der Waals surface area contributed by atoms with E-state index in [9.17, 15) is 19.5 Å². The number of likely N-dealkylation sites (N-methyl/N-ethyl adjacent to an activating group) is 1. The average Bonchev–Trinajstić information content (AvgIpc) is 3.53. The van der Waals surface area contributed by atoms with E-state index in [2.05, 4.69) is 62.5 Å². The van der Waals surface area contributed by atoms with E-state index < -0.39 is 18.4 Å². The van der Waals surface area contributed by atoms with Crippen LogP contribution in [0.4, 0.5) is 0 Å². The molecule has 91 heavy (non-hydrogen) atoms. The SMILES string of the molecule is CC/C=C\C/C=C\C/C=C\C/C=C\CCCCCCCCCCCCCCCCCCCCCCCCCCCCCCC(=O)OC(COC(=O)CCCCCCCCCCCCCCCCCCCCCCCCCCC)COC(OCC[N+](C)(C)C)C(=O)O. The molecule has 2 unspecified atom stereocenters. The summed E-state index contributed by atoms with van der Waals surface area (Å²) in [4.78, 5) is 37.7. The van der Waals surface area contributed by atoms with Crippen LogP contribution in [0.15, 0.2) is 48.6 Å². The number of aliphatic carboxylic acids is 1. The van der Waals surface area contributed by atoms with Gasteiger partial charge in [-0.2, -0.15) is 0 Å². The summed E-state index contributed by atoms with van der Waals surface area (Å²) in [7, 11) is 6.00. The number of hydrogen-bond donors (Lipinski definition) is 1. The van der Waals surface area contributed by atoms with Gasteiger partial charge in [-0.1, -0.05) is 383 Å². The predicted molar refractivity (Wildman–Crippen MR) is 392 cm³/mol. The highest BCUT2D eigenvalue weighted by atomic mass is 16.7. The third kappa shape index (κ3) is 74.5. The number of carbonyl (C=O) groups is 3. The van der Waals surface area contributed by atoms with Crippen molar-refractivity contribution in [2.75, 3.05) is 47.5 Å². The molecule has 0 aliphatic carbocycles. The molecule has 534 valence electrons. The highest BCUT2D eigenvalue weighted by Crippen LogP contribution is 2.20. The zero-order valence-corrected chi connectivity index (χ0v) is 61.3. The zero-order chi connectivity index (χ0) is 66.1. The summed E-state index contributed by atoms with van der Waals surface area (Å²) in [6, 6.07) is 0. The Morgan fingerprint density at radius 1 is 0.341 bits per heavy atom. The molecule has 0 saturated carbocycles. The number of quaternary nitrogens is 1. The van der Waals surface area contributed by atoms with E-state index >= 15 is 0 Å². The molecule has 0 spiro atoms. The second kappa shape index (κ2) is 73.1. The summed E-state index contributed by atoms with van der Waals surface area (Å²) < 4.78 is 23.1. The molecular weight excluding hydrogens is 1130 g/mol. The second-order valence-electron chi connectivity index (χ2n) is 28.4. The number of unbranched alkanes of at least 4 members (excludes halogenated alkanes) is 52. The molecule has 0 radical (unpaired) electrons. The Morgan fingerprint density at radius 2 is 0.626 bits per heavy atom. The number of ether oxygens (including phenoxy) is 4. The summed E-state index contributed by atoms with van der Waals surface area (Å²) in [6.07, 6.45) is 92.8. The Labute approximate surface area is 565 Å². The maximum atomic E-state index is 13.0. The molecule has 0 aromatic heterocycles. The topological polar surface area (TPSA) is 108 Å². The van der Waals surface area contributed by atoms with Crippen LogP contribution >= 0.6 is 0 Å². The molecule has 0 saturated heterocycles. The molecule has 0 fully saturated rings. The predicted octanol–water partition coefficient (Wildman–Crippen LogP) is 25.3. The largest absolute Gasteiger partial charge is 0.477 e. The average molecular weight is 1280 g/mol. The van der Waals surface area contributed by atoms with Crippen molar-refractivity contribution < 1.29 is 42.9 Å². The number of carbonyl (C=O) groups excluding carboxylic acids is 2. The molecule has 2 atom stereocenters.